The number of carbonyl (C=O) groups excluding carboxylic acids is 1. The molecule has 164 valence electrons. The normalized spacial score (nSPS) is 15.1. The van der Waals surface area contributed by atoms with Crippen LogP contribution in [0.25, 0.3) is 11.4 Å². The molecular formula is C26H24N6O. The summed E-state index contributed by atoms with van der Waals surface area (Å²) in [5.74, 6) is 1.01. The van der Waals surface area contributed by atoms with Gasteiger partial charge >= 0.3 is 0 Å². The Morgan fingerprint density at radius 1 is 1.00 bits per heavy atom. The van der Waals surface area contributed by atoms with Gasteiger partial charge in [0, 0.05) is 17.5 Å². The maximum atomic E-state index is 13.5. The summed E-state index contributed by atoms with van der Waals surface area (Å²) in [5.41, 5.74) is 6.09. The summed E-state index contributed by atoms with van der Waals surface area (Å²) in [7, 11) is 0. The molecule has 0 aliphatic carbocycles. The first-order valence-electron chi connectivity index (χ1n) is 10.8. The van der Waals surface area contributed by atoms with Gasteiger partial charge in [-0.25, -0.2) is 4.68 Å². The van der Waals surface area contributed by atoms with Gasteiger partial charge in [-0.05, 0) is 44.5 Å². The molecule has 1 aliphatic heterocycles. The minimum absolute atomic E-state index is 0.210. The first-order chi connectivity index (χ1) is 16.0. The third kappa shape index (κ3) is 4.01. The van der Waals surface area contributed by atoms with Crippen LogP contribution in [0.1, 0.15) is 29.7 Å². The number of benzene rings is 2. The summed E-state index contributed by atoms with van der Waals surface area (Å²) in [6.45, 7) is 5.97. The molecule has 0 unspecified atom stereocenters. The Labute approximate surface area is 192 Å². The van der Waals surface area contributed by atoms with Gasteiger partial charge in [0.1, 0.15) is 6.04 Å². The molecule has 0 spiro atoms. The molecule has 0 fully saturated rings. The Bertz CT molecular complexity index is 1370. The van der Waals surface area contributed by atoms with E-state index in [4.69, 9.17) is 10.1 Å². The number of hydrogen-bond acceptors (Lipinski definition) is 5. The first kappa shape index (κ1) is 20.6. The summed E-state index contributed by atoms with van der Waals surface area (Å²) in [6.07, 6.45) is 3.30. The van der Waals surface area contributed by atoms with E-state index in [-0.39, 0.29) is 5.91 Å². The lowest BCUT2D eigenvalue weighted by Gasteiger charge is -2.28. The van der Waals surface area contributed by atoms with Crippen LogP contribution in [0.4, 0.5) is 11.6 Å². The van der Waals surface area contributed by atoms with Crippen molar-refractivity contribution in [1.29, 1.82) is 0 Å². The quantitative estimate of drug-likeness (QED) is 0.476. The van der Waals surface area contributed by atoms with Crippen molar-refractivity contribution in [3.05, 3.63) is 101 Å². The van der Waals surface area contributed by atoms with Gasteiger partial charge in [0.15, 0.2) is 5.82 Å². The highest BCUT2D eigenvalue weighted by molar-refractivity contribution is 6.05. The lowest BCUT2D eigenvalue weighted by molar-refractivity contribution is -0.113. The number of hydrogen-bond donors (Lipinski definition) is 2. The Hall–Kier alpha value is -4.26. The van der Waals surface area contributed by atoms with Gasteiger partial charge in [0.05, 0.1) is 17.5 Å². The highest BCUT2D eigenvalue weighted by Gasteiger charge is 2.34. The standard InChI is InChI=1S/C26H24N6O/c1-16-7-4-9-19(13-16)23-22(25(33)29-21-11-6-12-27-15-21)18(3)28-26-30-24(31-32(23)26)20-10-5-8-17(2)14-20/h4-15,23H,1-3H3,(H,29,33)(H,28,30,31)/t23-/m1/s1. The zero-order valence-electron chi connectivity index (χ0n) is 18.7. The van der Waals surface area contributed by atoms with Crippen molar-refractivity contribution in [2.24, 2.45) is 0 Å². The number of rotatable bonds is 4. The SMILES string of the molecule is CC1=C(C(=O)Nc2cccnc2)[C@@H](c2cccc(C)c2)n2nc(-c3cccc(C)c3)nc2N1. The van der Waals surface area contributed by atoms with E-state index in [2.05, 4.69) is 27.8 Å². The number of nitrogens with one attached hydrogen (secondary N) is 2. The molecule has 1 atom stereocenters. The molecule has 7 heteroatoms. The molecule has 2 aromatic carbocycles. The molecule has 0 radical (unpaired) electrons. The highest BCUT2D eigenvalue weighted by Crippen LogP contribution is 2.37. The van der Waals surface area contributed by atoms with Crippen LogP contribution >= 0.6 is 0 Å². The zero-order chi connectivity index (χ0) is 22.9. The molecule has 3 heterocycles. The number of fused-ring (bicyclic) bond motifs is 1. The number of aryl methyl sites for hydroxylation is 2. The van der Waals surface area contributed by atoms with Gasteiger partial charge in [-0.3, -0.25) is 9.78 Å². The second kappa shape index (κ2) is 8.35. The van der Waals surface area contributed by atoms with Crippen molar-refractivity contribution >= 4 is 17.5 Å². The zero-order valence-corrected chi connectivity index (χ0v) is 18.7. The number of allylic oxidation sites excluding steroid dienone is 1. The number of pyridine rings is 1. The van der Waals surface area contributed by atoms with Crippen LogP contribution in [0, 0.1) is 13.8 Å². The molecule has 0 saturated carbocycles. The Morgan fingerprint density at radius 2 is 1.79 bits per heavy atom. The number of amides is 1. The maximum Gasteiger partial charge on any atom is 0.255 e. The van der Waals surface area contributed by atoms with Crippen LogP contribution in [0.5, 0.6) is 0 Å². The average molecular weight is 437 g/mol. The number of anilines is 2. The summed E-state index contributed by atoms with van der Waals surface area (Å²) in [5, 5.41) is 11.1. The molecular weight excluding hydrogens is 412 g/mol. The highest BCUT2D eigenvalue weighted by atomic mass is 16.1. The Morgan fingerprint density at radius 3 is 2.52 bits per heavy atom. The van der Waals surface area contributed by atoms with Gasteiger partial charge in [0.2, 0.25) is 5.95 Å². The van der Waals surface area contributed by atoms with Crippen molar-refractivity contribution in [3.63, 3.8) is 0 Å². The summed E-state index contributed by atoms with van der Waals surface area (Å²) < 4.78 is 1.80. The number of aromatic nitrogens is 4. The van der Waals surface area contributed by atoms with E-state index in [9.17, 15) is 4.79 Å². The topological polar surface area (TPSA) is 84.7 Å². The van der Waals surface area contributed by atoms with Crippen LogP contribution in [0.15, 0.2) is 84.3 Å². The van der Waals surface area contributed by atoms with E-state index in [1.807, 2.05) is 63.2 Å². The lowest BCUT2D eigenvalue weighted by Crippen LogP contribution is -2.31. The van der Waals surface area contributed by atoms with Crippen LogP contribution in [-0.2, 0) is 4.79 Å². The molecule has 2 N–H and O–H groups in total. The third-order valence-electron chi connectivity index (χ3n) is 5.65. The Kier molecular flexibility index (Phi) is 5.22. The molecule has 33 heavy (non-hydrogen) atoms. The van der Waals surface area contributed by atoms with Crippen LogP contribution in [0.3, 0.4) is 0 Å². The van der Waals surface area contributed by atoms with Gasteiger partial charge in [-0.1, -0.05) is 53.6 Å². The third-order valence-corrected chi connectivity index (χ3v) is 5.65. The fourth-order valence-electron chi connectivity index (χ4n) is 4.14. The van der Waals surface area contributed by atoms with Crippen LogP contribution < -0.4 is 10.6 Å². The van der Waals surface area contributed by atoms with E-state index in [0.717, 1.165) is 28.0 Å². The van der Waals surface area contributed by atoms with Gasteiger partial charge in [-0.15, -0.1) is 5.10 Å². The van der Waals surface area contributed by atoms with Gasteiger partial charge < -0.3 is 10.6 Å². The molecule has 7 nitrogen and oxygen atoms in total. The van der Waals surface area contributed by atoms with Gasteiger partial charge in [0.25, 0.3) is 5.91 Å². The first-order valence-corrected chi connectivity index (χ1v) is 10.8. The Balaban J connectivity index is 1.62. The summed E-state index contributed by atoms with van der Waals surface area (Å²) >= 11 is 0. The molecule has 0 saturated heterocycles. The number of nitrogens with zero attached hydrogens (tertiary/aromatic N) is 4. The predicted octanol–water partition coefficient (Wildman–Crippen LogP) is 4.88. The summed E-state index contributed by atoms with van der Waals surface area (Å²) in [4.78, 5) is 22.3. The monoisotopic (exact) mass is 436 g/mol. The average Bonchev–Trinajstić information content (AvgIpc) is 3.22. The minimum atomic E-state index is -0.427. The molecule has 2 aromatic heterocycles. The van der Waals surface area contributed by atoms with Crippen molar-refractivity contribution < 1.29 is 4.79 Å². The molecule has 0 bridgehead atoms. The van der Waals surface area contributed by atoms with Crippen molar-refractivity contribution in [1.82, 2.24) is 19.7 Å². The van der Waals surface area contributed by atoms with Crippen LogP contribution in [-0.4, -0.2) is 25.7 Å². The maximum absolute atomic E-state index is 13.5. The van der Waals surface area contributed by atoms with Crippen molar-refractivity contribution in [2.75, 3.05) is 10.6 Å². The van der Waals surface area contributed by atoms with Crippen molar-refractivity contribution in [2.45, 2.75) is 26.8 Å². The van der Waals surface area contributed by atoms with Gasteiger partial charge in [-0.2, -0.15) is 4.98 Å². The van der Waals surface area contributed by atoms with E-state index in [0.29, 0.717) is 23.0 Å². The second-order valence-electron chi connectivity index (χ2n) is 8.25. The fraction of sp³-hybridized carbons (Fsp3) is 0.154. The smallest absolute Gasteiger partial charge is 0.255 e. The molecule has 5 rings (SSSR count). The largest absolute Gasteiger partial charge is 0.328 e. The van der Waals surface area contributed by atoms with E-state index in [1.165, 1.54) is 0 Å². The second-order valence-corrected chi connectivity index (χ2v) is 8.25. The molecule has 1 aliphatic rings. The van der Waals surface area contributed by atoms with Crippen LogP contribution in [0.2, 0.25) is 0 Å². The number of carbonyl (C=O) groups is 1. The fourth-order valence-corrected chi connectivity index (χ4v) is 4.14. The van der Waals surface area contributed by atoms with E-state index >= 15 is 0 Å². The van der Waals surface area contributed by atoms with Crippen molar-refractivity contribution in [3.8, 4) is 11.4 Å². The van der Waals surface area contributed by atoms with E-state index in [1.54, 1.807) is 23.1 Å². The summed E-state index contributed by atoms with van der Waals surface area (Å²) in [6, 6.07) is 19.4. The minimum Gasteiger partial charge on any atom is -0.328 e. The predicted molar refractivity (Wildman–Crippen MR) is 129 cm³/mol. The lowest BCUT2D eigenvalue weighted by atomic mass is 9.94. The molecule has 1 amide bonds. The molecule has 4 aromatic rings. The van der Waals surface area contributed by atoms with E-state index < -0.39 is 6.04 Å².